The molecule has 0 aromatic carbocycles. The number of ether oxygens (including phenoxy) is 1. The molecule has 0 bridgehead atoms. The average Bonchev–Trinajstić information content (AvgIpc) is 2.81. The van der Waals surface area contributed by atoms with E-state index in [4.69, 9.17) is 4.74 Å². The summed E-state index contributed by atoms with van der Waals surface area (Å²) < 4.78 is 5.54. The predicted octanol–water partition coefficient (Wildman–Crippen LogP) is 2.99. The number of fused-ring (bicyclic) bond motifs is 1. The second kappa shape index (κ2) is 3.37. The van der Waals surface area contributed by atoms with Gasteiger partial charge in [0.15, 0.2) is 0 Å². The molecule has 1 aliphatic carbocycles. The molecule has 0 N–H and O–H groups in total. The maximum absolute atomic E-state index is 5.54. The summed E-state index contributed by atoms with van der Waals surface area (Å²) in [7, 11) is 0. The number of rotatable bonds is 3. The fraction of sp³-hybridized carbons (Fsp3) is 1.00. The Balaban J connectivity index is 1.79. The minimum Gasteiger partial charge on any atom is -0.370 e. The highest BCUT2D eigenvalue weighted by Crippen LogP contribution is 2.42. The first-order valence-electron chi connectivity index (χ1n) is 5.46. The molecule has 70 valence electrons. The highest BCUT2D eigenvalue weighted by molar-refractivity contribution is 4.92. The lowest BCUT2D eigenvalue weighted by molar-refractivity contribution is 0.266. The first kappa shape index (κ1) is 8.55. The van der Waals surface area contributed by atoms with Crippen molar-refractivity contribution in [2.45, 2.75) is 58.2 Å². The summed E-state index contributed by atoms with van der Waals surface area (Å²) in [6.07, 6.45) is 8.20. The first-order valence-corrected chi connectivity index (χ1v) is 5.46. The second-order valence-electron chi connectivity index (χ2n) is 4.55. The fourth-order valence-electron chi connectivity index (χ4n) is 2.64. The van der Waals surface area contributed by atoms with Gasteiger partial charge in [0.1, 0.15) is 0 Å². The Labute approximate surface area is 75.5 Å². The van der Waals surface area contributed by atoms with E-state index in [9.17, 15) is 0 Å². The molecule has 12 heavy (non-hydrogen) atoms. The molecule has 1 aliphatic heterocycles. The third kappa shape index (κ3) is 1.66. The lowest BCUT2D eigenvalue weighted by Crippen LogP contribution is -2.19. The van der Waals surface area contributed by atoms with Crippen LogP contribution in [0.4, 0.5) is 0 Å². The second-order valence-corrected chi connectivity index (χ2v) is 4.55. The molecule has 0 aromatic heterocycles. The van der Waals surface area contributed by atoms with Crippen molar-refractivity contribution in [2.24, 2.45) is 11.8 Å². The van der Waals surface area contributed by atoms with Crippen LogP contribution in [0.1, 0.15) is 46.0 Å². The van der Waals surface area contributed by atoms with Crippen molar-refractivity contribution >= 4 is 0 Å². The van der Waals surface area contributed by atoms with Crippen LogP contribution in [-0.2, 0) is 4.74 Å². The molecule has 1 heteroatoms. The lowest BCUT2D eigenvalue weighted by Gasteiger charge is -2.25. The Morgan fingerprint density at radius 1 is 1.33 bits per heavy atom. The zero-order valence-electron chi connectivity index (χ0n) is 8.25. The van der Waals surface area contributed by atoms with Crippen LogP contribution in [-0.4, -0.2) is 12.2 Å². The van der Waals surface area contributed by atoms with E-state index in [1.165, 1.54) is 32.1 Å². The van der Waals surface area contributed by atoms with Gasteiger partial charge in [-0.05, 0) is 31.1 Å². The number of hydrogen-bond acceptors (Lipinski definition) is 1. The van der Waals surface area contributed by atoms with E-state index in [1.54, 1.807) is 0 Å². The Kier molecular flexibility index (Phi) is 2.40. The van der Waals surface area contributed by atoms with Gasteiger partial charge in [0.25, 0.3) is 0 Å². The molecule has 0 spiro atoms. The zero-order valence-corrected chi connectivity index (χ0v) is 8.25. The van der Waals surface area contributed by atoms with Gasteiger partial charge in [0, 0.05) is 0 Å². The summed E-state index contributed by atoms with van der Waals surface area (Å²) in [5.41, 5.74) is 0. The van der Waals surface area contributed by atoms with Crippen LogP contribution >= 0.6 is 0 Å². The summed E-state index contributed by atoms with van der Waals surface area (Å²) in [5.74, 6) is 1.90. The van der Waals surface area contributed by atoms with Gasteiger partial charge in [0.05, 0.1) is 12.2 Å². The molecule has 4 atom stereocenters. The van der Waals surface area contributed by atoms with E-state index < -0.39 is 0 Å². The highest BCUT2D eigenvalue weighted by Gasteiger charge is 2.44. The van der Waals surface area contributed by atoms with Crippen molar-refractivity contribution in [3.63, 3.8) is 0 Å². The van der Waals surface area contributed by atoms with Crippen LogP contribution in [0.2, 0.25) is 0 Å². The molecular weight excluding hydrogens is 148 g/mol. The fourth-order valence-corrected chi connectivity index (χ4v) is 2.64. The molecule has 0 radical (unpaired) electrons. The van der Waals surface area contributed by atoms with Gasteiger partial charge >= 0.3 is 0 Å². The maximum Gasteiger partial charge on any atom is 0.0844 e. The molecule has 0 aromatic rings. The van der Waals surface area contributed by atoms with E-state index in [1.807, 2.05) is 0 Å². The van der Waals surface area contributed by atoms with Crippen molar-refractivity contribution < 1.29 is 4.74 Å². The van der Waals surface area contributed by atoms with Gasteiger partial charge in [-0.25, -0.2) is 0 Å². The quantitative estimate of drug-likeness (QED) is 0.590. The van der Waals surface area contributed by atoms with Gasteiger partial charge in [0.2, 0.25) is 0 Å². The highest BCUT2D eigenvalue weighted by atomic mass is 16.6. The zero-order chi connectivity index (χ0) is 8.55. The van der Waals surface area contributed by atoms with E-state index in [-0.39, 0.29) is 0 Å². The molecule has 1 saturated carbocycles. The van der Waals surface area contributed by atoms with Gasteiger partial charge in [-0.2, -0.15) is 0 Å². The largest absolute Gasteiger partial charge is 0.370 e. The number of epoxide rings is 1. The van der Waals surface area contributed by atoms with Crippen molar-refractivity contribution in [1.29, 1.82) is 0 Å². The standard InChI is InChI=1S/C11H20O/c1-3-4-8(2)9-5-6-10-11(7-9)12-10/h8-11H,3-7H2,1-2H3. The van der Waals surface area contributed by atoms with E-state index in [0.29, 0.717) is 12.2 Å². The van der Waals surface area contributed by atoms with Crippen LogP contribution in [0.5, 0.6) is 0 Å². The SMILES string of the molecule is CCCC(C)C1CCC2OC2C1. The topological polar surface area (TPSA) is 12.5 Å². The Morgan fingerprint density at radius 3 is 2.83 bits per heavy atom. The normalized spacial score (nSPS) is 42.0. The van der Waals surface area contributed by atoms with Gasteiger partial charge < -0.3 is 4.74 Å². The third-order valence-corrected chi connectivity index (χ3v) is 3.59. The van der Waals surface area contributed by atoms with Gasteiger partial charge in [-0.15, -0.1) is 0 Å². The van der Waals surface area contributed by atoms with E-state index in [0.717, 1.165) is 11.8 Å². The molecule has 2 aliphatic rings. The monoisotopic (exact) mass is 168 g/mol. The summed E-state index contributed by atoms with van der Waals surface area (Å²) in [5, 5.41) is 0. The third-order valence-electron chi connectivity index (χ3n) is 3.59. The molecular formula is C11H20O. The Morgan fingerprint density at radius 2 is 2.17 bits per heavy atom. The summed E-state index contributed by atoms with van der Waals surface area (Å²) >= 11 is 0. The van der Waals surface area contributed by atoms with Crippen molar-refractivity contribution in [3.05, 3.63) is 0 Å². The van der Waals surface area contributed by atoms with Crippen LogP contribution in [0.15, 0.2) is 0 Å². The molecule has 4 unspecified atom stereocenters. The minimum absolute atomic E-state index is 0.669. The molecule has 0 amide bonds. The van der Waals surface area contributed by atoms with Crippen LogP contribution in [0.25, 0.3) is 0 Å². The summed E-state index contributed by atoms with van der Waals surface area (Å²) in [6, 6.07) is 0. The van der Waals surface area contributed by atoms with E-state index in [2.05, 4.69) is 13.8 Å². The van der Waals surface area contributed by atoms with E-state index >= 15 is 0 Å². The molecule has 2 rings (SSSR count). The predicted molar refractivity (Wildman–Crippen MR) is 50.1 cm³/mol. The molecule has 1 heterocycles. The van der Waals surface area contributed by atoms with Crippen LogP contribution in [0, 0.1) is 11.8 Å². The summed E-state index contributed by atoms with van der Waals surface area (Å²) in [6.45, 7) is 4.70. The molecule has 2 fully saturated rings. The number of hydrogen-bond donors (Lipinski definition) is 0. The summed E-state index contributed by atoms with van der Waals surface area (Å²) in [4.78, 5) is 0. The van der Waals surface area contributed by atoms with Gasteiger partial charge in [-0.3, -0.25) is 0 Å². The molecule has 1 saturated heterocycles. The average molecular weight is 168 g/mol. The molecule has 1 nitrogen and oxygen atoms in total. The Hall–Kier alpha value is -0.0400. The van der Waals surface area contributed by atoms with Crippen molar-refractivity contribution in [1.82, 2.24) is 0 Å². The minimum atomic E-state index is 0.669. The van der Waals surface area contributed by atoms with Crippen molar-refractivity contribution in [2.75, 3.05) is 0 Å². The Bertz CT molecular complexity index is 155. The first-order chi connectivity index (χ1) is 5.81. The lowest BCUT2D eigenvalue weighted by atomic mass is 9.79. The maximum atomic E-state index is 5.54. The van der Waals surface area contributed by atoms with Crippen LogP contribution in [0.3, 0.4) is 0 Å². The van der Waals surface area contributed by atoms with Crippen molar-refractivity contribution in [3.8, 4) is 0 Å². The van der Waals surface area contributed by atoms with Crippen LogP contribution < -0.4 is 0 Å². The smallest absolute Gasteiger partial charge is 0.0844 e. The van der Waals surface area contributed by atoms with Gasteiger partial charge in [-0.1, -0.05) is 26.7 Å².